The Morgan fingerprint density at radius 1 is 1.16 bits per heavy atom. The molecule has 0 fully saturated rings. The molecule has 0 bridgehead atoms. The van der Waals surface area contributed by atoms with Crippen LogP contribution in [0.2, 0.25) is 0 Å². The molecule has 0 aromatic carbocycles. The highest BCUT2D eigenvalue weighted by atomic mass is 32.1. The summed E-state index contributed by atoms with van der Waals surface area (Å²) in [5, 5.41) is 0.772. The van der Waals surface area contributed by atoms with Crippen LogP contribution >= 0.6 is 12.2 Å². The summed E-state index contributed by atoms with van der Waals surface area (Å²) in [5.74, 6) is 1.23. The van der Waals surface area contributed by atoms with Crippen LogP contribution in [0.5, 0.6) is 0 Å². The Labute approximate surface area is 125 Å². The lowest BCUT2D eigenvalue weighted by molar-refractivity contribution is 0.308. The second-order valence-corrected chi connectivity index (χ2v) is 5.82. The van der Waals surface area contributed by atoms with Crippen LogP contribution in [-0.4, -0.2) is 11.7 Å². The average Bonchev–Trinajstić information content (AvgIpc) is 2.37. The van der Waals surface area contributed by atoms with Gasteiger partial charge < -0.3 is 4.74 Å². The van der Waals surface area contributed by atoms with Gasteiger partial charge in [0.15, 0.2) is 5.05 Å². The highest BCUT2D eigenvalue weighted by Gasteiger charge is 2.16. The van der Waals surface area contributed by atoms with Crippen molar-refractivity contribution in [2.45, 2.75) is 72.6 Å². The molecule has 1 nitrogen and oxygen atoms in total. The number of hydrogen-bond donors (Lipinski definition) is 0. The van der Waals surface area contributed by atoms with Gasteiger partial charge in [-0.05, 0) is 43.8 Å². The summed E-state index contributed by atoms with van der Waals surface area (Å²) in [7, 11) is 0. The second-order valence-electron chi connectivity index (χ2n) is 5.36. The highest BCUT2D eigenvalue weighted by Crippen LogP contribution is 2.23. The topological polar surface area (TPSA) is 9.23 Å². The molecule has 0 amide bonds. The van der Waals surface area contributed by atoms with Crippen LogP contribution in [0, 0.1) is 11.8 Å². The Bertz CT molecular complexity index is 248. The summed E-state index contributed by atoms with van der Waals surface area (Å²) >= 11 is 5.30. The van der Waals surface area contributed by atoms with Crippen molar-refractivity contribution in [2.24, 2.45) is 11.8 Å². The molecule has 2 atom stereocenters. The third kappa shape index (κ3) is 10.1. The van der Waals surface area contributed by atoms with E-state index in [1.165, 1.54) is 38.5 Å². The molecule has 112 valence electrons. The maximum Gasteiger partial charge on any atom is 0.160 e. The van der Waals surface area contributed by atoms with E-state index in [9.17, 15) is 0 Å². The van der Waals surface area contributed by atoms with Crippen LogP contribution in [-0.2, 0) is 4.74 Å². The van der Waals surface area contributed by atoms with E-state index in [1.54, 1.807) is 0 Å². The Morgan fingerprint density at radius 2 is 1.89 bits per heavy atom. The SMILES string of the molecule is CCCCCC=CC(CC(=S)OCC)C(C)CCC. The van der Waals surface area contributed by atoms with Gasteiger partial charge in [-0.15, -0.1) is 0 Å². The molecule has 2 unspecified atom stereocenters. The molecule has 0 spiro atoms. The Hall–Kier alpha value is -0.370. The Kier molecular flexibility index (Phi) is 12.4. The summed E-state index contributed by atoms with van der Waals surface area (Å²) in [5.41, 5.74) is 0. The molecular weight excluding hydrogens is 252 g/mol. The van der Waals surface area contributed by atoms with E-state index in [4.69, 9.17) is 17.0 Å². The number of ether oxygens (including phenoxy) is 1. The molecule has 0 heterocycles. The van der Waals surface area contributed by atoms with Crippen molar-refractivity contribution in [3.8, 4) is 0 Å². The molecule has 0 N–H and O–H groups in total. The molecule has 2 heteroatoms. The molecule has 0 aliphatic heterocycles. The van der Waals surface area contributed by atoms with E-state index in [0.717, 1.165) is 11.5 Å². The van der Waals surface area contributed by atoms with Gasteiger partial charge >= 0.3 is 0 Å². The van der Waals surface area contributed by atoms with Gasteiger partial charge in [0.05, 0.1) is 6.61 Å². The van der Waals surface area contributed by atoms with Crippen LogP contribution in [0.15, 0.2) is 12.2 Å². The van der Waals surface area contributed by atoms with E-state index < -0.39 is 0 Å². The van der Waals surface area contributed by atoms with Gasteiger partial charge in [0.25, 0.3) is 0 Å². The first kappa shape index (κ1) is 18.6. The average molecular weight is 285 g/mol. The van der Waals surface area contributed by atoms with E-state index in [2.05, 4.69) is 32.9 Å². The zero-order chi connectivity index (χ0) is 14.5. The van der Waals surface area contributed by atoms with Gasteiger partial charge in [0, 0.05) is 6.42 Å². The fraction of sp³-hybridized carbons (Fsp3) is 0.824. The first-order valence-corrected chi connectivity index (χ1v) is 8.38. The summed E-state index contributed by atoms with van der Waals surface area (Å²) in [6, 6.07) is 0. The van der Waals surface area contributed by atoms with Crippen molar-refractivity contribution in [1.29, 1.82) is 0 Å². The van der Waals surface area contributed by atoms with Crippen molar-refractivity contribution in [1.82, 2.24) is 0 Å². The number of rotatable bonds is 11. The fourth-order valence-electron chi connectivity index (χ4n) is 2.32. The molecule has 0 radical (unpaired) electrons. The maximum absolute atomic E-state index is 5.44. The smallest absolute Gasteiger partial charge is 0.160 e. The first-order chi connectivity index (χ1) is 9.15. The lowest BCUT2D eigenvalue weighted by Gasteiger charge is -2.21. The van der Waals surface area contributed by atoms with Gasteiger partial charge in [-0.2, -0.15) is 0 Å². The molecular formula is C17H32OS. The maximum atomic E-state index is 5.44. The van der Waals surface area contributed by atoms with Crippen LogP contribution in [0.4, 0.5) is 0 Å². The quantitative estimate of drug-likeness (QED) is 0.264. The lowest BCUT2D eigenvalue weighted by Crippen LogP contribution is -2.15. The molecule has 0 aliphatic rings. The number of unbranched alkanes of at least 4 members (excludes halogenated alkanes) is 3. The van der Waals surface area contributed by atoms with Gasteiger partial charge in [-0.25, -0.2) is 0 Å². The Balaban J connectivity index is 4.28. The molecule has 0 saturated heterocycles. The number of allylic oxidation sites excluding steroid dienone is 2. The largest absolute Gasteiger partial charge is 0.487 e. The van der Waals surface area contributed by atoms with Crippen LogP contribution in [0.25, 0.3) is 0 Å². The zero-order valence-electron chi connectivity index (χ0n) is 13.3. The minimum atomic E-state index is 0.542. The summed E-state index contributed by atoms with van der Waals surface area (Å²) < 4.78 is 5.44. The fourth-order valence-corrected chi connectivity index (χ4v) is 2.63. The molecule has 0 rings (SSSR count). The summed E-state index contributed by atoms with van der Waals surface area (Å²) in [6.07, 6.45) is 13.2. The van der Waals surface area contributed by atoms with E-state index in [-0.39, 0.29) is 0 Å². The summed E-state index contributed by atoms with van der Waals surface area (Å²) in [4.78, 5) is 0. The molecule has 0 aliphatic carbocycles. The summed E-state index contributed by atoms with van der Waals surface area (Å²) in [6.45, 7) is 9.51. The minimum absolute atomic E-state index is 0.542. The predicted octanol–water partition coefficient (Wildman–Crippen LogP) is 5.93. The zero-order valence-corrected chi connectivity index (χ0v) is 14.1. The van der Waals surface area contributed by atoms with Crippen molar-refractivity contribution in [3.63, 3.8) is 0 Å². The van der Waals surface area contributed by atoms with Crippen molar-refractivity contribution < 1.29 is 4.74 Å². The Morgan fingerprint density at radius 3 is 2.47 bits per heavy atom. The molecule has 0 aromatic heterocycles. The van der Waals surface area contributed by atoms with Gasteiger partial charge in [-0.1, -0.05) is 58.6 Å². The van der Waals surface area contributed by atoms with Gasteiger partial charge in [-0.3, -0.25) is 0 Å². The van der Waals surface area contributed by atoms with Crippen molar-refractivity contribution >= 4 is 17.3 Å². The number of hydrogen-bond acceptors (Lipinski definition) is 2. The highest BCUT2D eigenvalue weighted by molar-refractivity contribution is 7.80. The standard InChI is InChI=1S/C17H32OS/c1-5-8-9-10-11-13-16(15(4)12-6-2)14-17(19)18-7-3/h11,13,15-16H,5-10,12,14H2,1-4H3. The van der Waals surface area contributed by atoms with Crippen LogP contribution < -0.4 is 0 Å². The van der Waals surface area contributed by atoms with Gasteiger partial charge in [0.1, 0.15) is 0 Å². The van der Waals surface area contributed by atoms with Crippen LogP contribution in [0.3, 0.4) is 0 Å². The molecule has 19 heavy (non-hydrogen) atoms. The number of thiocarbonyl (C=S) groups is 1. The molecule has 0 saturated carbocycles. The lowest BCUT2D eigenvalue weighted by atomic mass is 9.87. The minimum Gasteiger partial charge on any atom is -0.487 e. The normalized spacial score (nSPS) is 14.5. The van der Waals surface area contributed by atoms with E-state index in [0.29, 0.717) is 18.4 Å². The third-order valence-electron chi connectivity index (χ3n) is 3.54. The van der Waals surface area contributed by atoms with Crippen LogP contribution in [0.1, 0.15) is 72.6 Å². The third-order valence-corrected chi connectivity index (χ3v) is 3.82. The predicted molar refractivity (Wildman–Crippen MR) is 89.7 cm³/mol. The van der Waals surface area contributed by atoms with Gasteiger partial charge in [0.2, 0.25) is 0 Å². The van der Waals surface area contributed by atoms with Crippen molar-refractivity contribution in [2.75, 3.05) is 6.61 Å². The monoisotopic (exact) mass is 284 g/mol. The van der Waals surface area contributed by atoms with E-state index >= 15 is 0 Å². The molecule has 0 aromatic rings. The first-order valence-electron chi connectivity index (χ1n) is 7.97. The van der Waals surface area contributed by atoms with Crippen molar-refractivity contribution in [3.05, 3.63) is 12.2 Å². The van der Waals surface area contributed by atoms with E-state index in [1.807, 2.05) is 6.92 Å². The second kappa shape index (κ2) is 12.7.